The van der Waals surface area contributed by atoms with Crippen LogP contribution in [-0.2, 0) is 32.4 Å². The van der Waals surface area contributed by atoms with Gasteiger partial charge in [0.15, 0.2) is 11.4 Å². The summed E-state index contributed by atoms with van der Waals surface area (Å²) in [5.74, 6) is 0.710. The third-order valence-corrected chi connectivity index (χ3v) is 5.83. The fraction of sp³-hybridized carbons (Fsp3) is 0.414. The summed E-state index contributed by atoms with van der Waals surface area (Å²) in [7, 11) is 1.56. The highest BCUT2D eigenvalue weighted by molar-refractivity contribution is 5.96. The fourth-order valence-electron chi connectivity index (χ4n) is 3.74. The molecule has 12 nitrogen and oxygen atoms in total. The monoisotopic (exact) mass is 566 g/mol. The number of carbonyl (C=O) groups is 1. The minimum Gasteiger partial charge on any atom is -0.490 e. The summed E-state index contributed by atoms with van der Waals surface area (Å²) < 4.78 is 34.1. The standard InChI is InChI=1S/C29H34N4O8/c1-3-36-10-11-37-12-13-38-14-15-39-16-17-40-22-5-6-23(30-20-22)26(34)19-21-4-8-27-25(18-21)31-29(41-27)24-7-9-28(35)33(2)32-24/h4-9,18,20H,3,10-17,19H2,1-2H3. The van der Waals surface area contributed by atoms with Gasteiger partial charge in [0.1, 0.15) is 29.3 Å². The number of Topliss-reactive ketones (excluding diaryl/α,β-unsaturated/α-hetero) is 1. The molecule has 0 amide bonds. The number of nitrogens with zero attached hydrogens (tertiary/aromatic N) is 4. The summed E-state index contributed by atoms with van der Waals surface area (Å²) in [4.78, 5) is 33.1. The summed E-state index contributed by atoms with van der Waals surface area (Å²) in [6.45, 7) is 6.52. The predicted molar refractivity (Wildman–Crippen MR) is 149 cm³/mol. The van der Waals surface area contributed by atoms with Crippen LogP contribution in [0.3, 0.4) is 0 Å². The van der Waals surface area contributed by atoms with Crippen molar-refractivity contribution in [1.82, 2.24) is 19.7 Å². The Morgan fingerprint density at radius 3 is 2.24 bits per heavy atom. The zero-order valence-electron chi connectivity index (χ0n) is 23.2. The lowest BCUT2D eigenvalue weighted by Gasteiger charge is -2.08. The number of fused-ring (bicyclic) bond motifs is 1. The molecule has 0 saturated heterocycles. The molecule has 1 aromatic carbocycles. The summed E-state index contributed by atoms with van der Waals surface area (Å²) in [6.07, 6.45) is 1.67. The minimum atomic E-state index is -0.225. The second-order valence-corrected chi connectivity index (χ2v) is 8.86. The van der Waals surface area contributed by atoms with Gasteiger partial charge in [-0.2, -0.15) is 5.10 Å². The SMILES string of the molecule is CCOCCOCCOCCOCCOc1ccc(C(=O)Cc2ccc3oc(-c4ccc(=O)n(C)n4)nc3c2)nc1. The zero-order valence-corrected chi connectivity index (χ0v) is 23.2. The Morgan fingerprint density at radius 2 is 1.59 bits per heavy atom. The third kappa shape index (κ3) is 9.29. The Bertz CT molecular complexity index is 1450. The van der Waals surface area contributed by atoms with Crippen molar-refractivity contribution in [2.24, 2.45) is 7.05 Å². The van der Waals surface area contributed by atoms with Gasteiger partial charge in [-0.15, -0.1) is 0 Å². The maximum absolute atomic E-state index is 12.8. The molecule has 41 heavy (non-hydrogen) atoms. The number of ketones is 1. The van der Waals surface area contributed by atoms with E-state index < -0.39 is 0 Å². The molecule has 0 aliphatic rings. The summed E-state index contributed by atoms with van der Waals surface area (Å²) in [5, 5.41) is 4.17. The highest BCUT2D eigenvalue weighted by atomic mass is 16.6. The molecule has 0 aliphatic heterocycles. The van der Waals surface area contributed by atoms with Crippen LogP contribution < -0.4 is 10.3 Å². The van der Waals surface area contributed by atoms with Crippen molar-refractivity contribution in [1.29, 1.82) is 0 Å². The van der Waals surface area contributed by atoms with E-state index in [9.17, 15) is 9.59 Å². The van der Waals surface area contributed by atoms with Crippen LogP contribution in [0.2, 0.25) is 0 Å². The number of hydrogen-bond acceptors (Lipinski definition) is 11. The molecule has 0 N–H and O–H groups in total. The topological polar surface area (TPSA) is 137 Å². The van der Waals surface area contributed by atoms with Crippen LogP contribution in [-0.4, -0.2) is 85.0 Å². The molecule has 0 aliphatic carbocycles. The van der Waals surface area contributed by atoms with Crippen molar-refractivity contribution >= 4 is 16.9 Å². The van der Waals surface area contributed by atoms with Crippen molar-refractivity contribution < 1.29 is 32.9 Å². The van der Waals surface area contributed by atoms with Crippen LogP contribution in [0.4, 0.5) is 0 Å². The van der Waals surface area contributed by atoms with Gasteiger partial charge in [0.05, 0.1) is 52.4 Å². The lowest BCUT2D eigenvalue weighted by molar-refractivity contribution is -0.00343. The van der Waals surface area contributed by atoms with E-state index in [1.165, 1.54) is 16.9 Å². The van der Waals surface area contributed by atoms with Crippen LogP contribution in [0.15, 0.2) is 57.9 Å². The van der Waals surface area contributed by atoms with Gasteiger partial charge in [-0.1, -0.05) is 6.07 Å². The molecule has 0 radical (unpaired) electrons. The van der Waals surface area contributed by atoms with Gasteiger partial charge in [0.2, 0.25) is 5.89 Å². The highest BCUT2D eigenvalue weighted by Gasteiger charge is 2.14. The maximum atomic E-state index is 12.8. The molecule has 4 aromatic rings. The minimum absolute atomic E-state index is 0.137. The van der Waals surface area contributed by atoms with Gasteiger partial charge in [-0.25, -0.2) is 14.6 Å². The number of aryl methyl sites for hydroxylation is 1. The number of rotatable bonds is 18. The summed E-state index contributed by atoms with van der Waals surface area (Å²) in [6, 6.07) is 11.7. The highest BCUT2D eigenvalue weighted by Crippen LogP contribution is 2.23. The lowest BCUT2D eigenvalue weighted by Crippen LogP contribution is -2.18. The van der Waals surface area contributed by atoms with E-state index in [-0.39, 0.29) is 17.8 Å². The quantitative estimate of drug-likeness (QED) is 0.130. The number of carbonyl (C=O) groups excluding carboxylic acids is 1. The van der Waals surface area contributed by atoms with E-state index in [1.807, 2.05) is 13.0 Å². The number of pyridine rings is 1. The number of aromatic nitrogens is 4. The van der Waals surface area contributed by atoms with E-state index in [1.54, 1.807) is 37.4 Å². The number of benzene rings is 1. The molecule has 3 heterocycles. The van der Waals surface area contributed by atoms with Crippen LogP contribution >= 0.6 is 0 Å². The maximum Gasteiger partial charge on any atom is 0.266 e. The first-order chi connectivity index (χ1) is 20.0. The Labute approximate surface area is 237 Å². The first-order valence-electron chi connectivity index (χ1n) is 13.4. The van der Waals surface area contributed by atoms with Crippen LogP contribution in [0.5, 0.6) is 5.75 Å². The molecule has 0 bridgehead atoms. The second kappa shape index (κ2) is 15.7. The molecule has 0 spiro atoms. The van der Waals surface area contributed by atoms with Crippen molar-refractivity contribution in [2.45, 2.75) is 13.3 Å². The molecule has 0 atom stereocenters. The number of ether oxygens (including phenoxy) is 5. The lowest BCUT2D eigenvalue weighted by atomic mass is 10.1. The van der Waals surface area contributed by atoms with E-state index in [4.69, 9.17) is 28.1 Å². The van der Waals surface area contributed by atoms with Crippen molar-refractivity contribution in [2.75, 3.05) is 59.5 Å². The average Bonchev–Trinajstić information content (AvgIpc) is 3.41. The Kier molecular flexibility index (Phi) is 11.5. The van der Waals surface area contributed by atoms with Crippen molar-refractivity contribution in [3.63, 3.8) is 0 Å². The van der Waals surface area contributed by atoms with Crippen LogP contribution in [0.1, 0.15) is 23.0 Å². The predicted octanol–water partition coefficient (Wildman–Crippen LogP) is 2.87. The van der Waals surface area contributed by atoms with Gasteiger partial charge in [-0.05, 0) is 42.8 Å². The molecule has 218 valence electrons. The van der Waals surface area contributed by atoms with Gasteiger partial charge < -0.3 is 28.1 Å². The second-order valence-electron chi connectivity index (χ2n) is 8.86. The Morgan fingerprint density at radius 1 is 0.878 bits per heavy atom. The first-order valence-corrected chi connectivity index (χ1v) is 13.4. The van der Waals surface area contributed by atoms with E-state index in [0.29, 0.717) is 93.6 Å². The Balaban J connectivity index is 1.16. The summed E-state index contributed by atoms with van der Waals surface area (Å²) >= 11 is 0. The number of hydrogen-bond donors (Lipinski definition) is 0. The molecule has 0 fully saturated rings. The van der Waals surface area contributed by atoms with E-state index in [2.05, 4.69) is 15.1 Å². The average molecular weight is 567 g/mol. The molecule has 0 saturated carbocycles. The normalized spacial score (nSPS) is 11.3. The van der Waals surface area contributed by atoms with Gasteiger partial charge in [0, 0.05) is 26.1 Å². The largest absolute Gasteiger partial charge is 0.490 e. The van der Waals surface area contributed by atoms with Crippen molar-refractivity contribution in [3.05, 3.63) is 70.3 Å². The van der Waals surface area contributed by atoms with Crippen LogP contribution in [0, 0.1) is 0 Å². The molecule has 0 unspecified atom stereocenters. The number of oxazole rings is 1. The molecule has 12 heteroatoms. The molecular weight excluding hydrogens is 532 g/mol. The zero-order chi connectivity index (χ0) is 28.9. The van der Waals surface area contributed by atoms with Gasteiger partial charge in [-0.3, -0.25) is 9.59 Å². The van der Waals surface area contributed by atoms with Crippen LogP contribution in [0.25, 0.3) is 22.7 Å². The van der Waals surface area contributed by atoms with E-state index in [0.717, 1.165) is 5.56 Å². The molecular formula is C29H34N4O8. The molecule has 4 rings (SSSR count). The summed E-state index contributed by atoms with van der Waals surface area (Å²) in [5.41, 5.74) is 2.47. The molecule has 3 aromatic heterocycles. The van der Waals surface area contributed by atoms with Gasteiger partial charge >= 0.3 is 0 Å². The van der Waals surface area contributed by atoms with E-state index >= 15 is 0 Å². The van der Waals surface area contributed by atoms with Gasteiger partial charge in [0.25, 0.3) is 5.56 Å². The fourth-order valence-corrected chi connectivity index (χ4v) is 3.74. The smallest absolute Gasteiger partial charge is 0.266 e. The Hall–Kier alpha value is -3.97. The van der Waals surface area contributed by atoms with Crippen molar-refractivity contribution in [3.8, 4) is 17.3 Å². The first kappa shape index (κ1) is 30.0. The third-order valence-electron chi connectivity index (χ3n) is 5.83.